The Labute approximate surface area is 204 Å². The third-order valence-electron chi connectivity index (χ3n) is 6.75. The summed E-state index contributed by atoms with van der Waals surface area (Å²) in [4.78, 5) is 16.7. The number of aromatic amines is 1. The average Bonchev–Trinajstić information content (AvgIpc) is 3.22. The Bertz CT molecular complexity index is 1930. The van der Waals surface area contributed by atoms with Gasteiger partial charge in [0.05, 0.1) is 46.0 Å². The topological polar surface area (TPSA) is 117 Å². The van der Waals surface area contributed by atoms with Crippen molar-refractivity contribution in [1.82, 2.24) is 14.9 Å². The van der Waals surface area contributed by atoms with Crippen LogP contribution >= 0.6 is 0 Å². The zero-order valence-corrected chi connectivity index (χ0v) is 19.8. The van der Waals surface area contributed by atoms with Crippen molar-refractivity contribution >= 4 is 43.1 Å². The highest BCUT2D eigenvalue weighted by Gasteiger charge is 2.26. The molecule has 2 aromatic heterocycles. The molecular formula is C26H19FN4O4S. The molecule has 0 spiro atoms. The van der Waals surface area contributed by atoms with Crippen molar-refractivity contribution in [2.75, 3.05) is 20.2 Å². The summed E-state index contributed by atoms with van der Waals surface area (Å²) in [6.45, 7) is 1.39. The second-order valence-corrected chi connectivity index (χ2v) is 10.1. The molecule has 10 heteroatoms. The molecule has 1 saturated heterocycles. The summed E-state index contributed by atoms with van der Waals surface area (Å²) in [5, 5.41) is 14.3. The highest BCUT2D eigenvalue weighted by atomic mass is 32.3. The SMILES string of the molecule is COc1cc2c(=O)c3c4ccc(C#N)cc4[nH]c3n(C3CNC3)c2cc1-c1cccc(S(=O)(=O)F)c1. The molecule has 6 rings (SSSR count). The van der Waals surface area contributed by atoms with Gasteiger partial charge in [-0.05, 0) is 42.0 Å². The van der Waals surface area contributed by atoms with E-state index in [1.165, 1.54) is 25.3 Å². The molecule has 2 N–H and O–H groups in total. The van der Waals surface area contributed by atoms with E-state index in [1.54, 1.807) is 36.4 Å². The Balaban J connectivity index is 1.74. The van der Waals surface area contributed by atoms with Gasteiger partial charge in [0.15, 0.2) is 5.43 Å². The van der Waals surface area contributed by atoms with E-state index < -0.39 is 15.1 Å². The van der Waals surface area contributed by atoms with Gasteiger partial charge < -0.3 is 19.6 Å². The van der Waals surface area contributed by atoms with Crippen molar-refractivity contribution in [3.05, 3.63) is 70.4 Å². The highest BCUT2D eigenvalue weighted by molar-refractivity contribution is 7.86. The monoisotopic (exact) mass is 502 g/mol. The summed E-state index contributed by atoms with van der Waals surface area (Å²) in [6, 6.07) is 16.3. The van der Waals surface area contributed by atoms with Crippen LogP contribution in [0, 0.1) is 11.3 Å². The first-order chi connectivity index (χ1) is 17.3. The number of nitrogens with zero attached hydrogens (tertiary/aromatic N) is 2. The van der Waals surface area contributed by atoms with Gasteiger partial charge in [-0.2, -0.15) is 13.7 Å². The second kappa shape index (κ2) is 7.91. The Kier molecular flexibility index (Phi) is 4.90. The van der Waals surface area contributed by atoms with Crippen LogP contribution < -0.4 is 15.5 Å². The number of halogens is 1. The lowest BCUT2D eigenvalue weighted by Gasteiger charge is -2.32. The van der Waals surface area contributed by atoms with Crippen LogP contribution in [0.1, 0.15) is 11.6 Å². The number of nitriles is 1. The third-order valence-corrected chi connectivity index (χ3v) is 7.57. The number of ether oxygens (including phenoxy) is 1. The minimum atomic E-state index is -4.90. The predicted octanol–water partition coefficient (Wildman–Crippen LogP) is 3.99. The maximum absolute atomic E-state index is 13.8. The van der Waals surface area contributed by atoms with Crippen molar-refractivity contribution in [2.24, 2.45) is 0 Å². The minimum absolute atomic E-state index is 0.0536. The summed E-state index contributed by atoms with van der Waals surface area (Å²) in [5.74, 6) is 0.359. The van der Waals surface area contributed by atoms with Crippen LogP contribution in [-0.4, -0.2) is 38.2 Å². The van der Waals surface area contributed by atoms with Crippen LogP contribution in [0.5, 0.6) is 5.75 Å². The molecule has 0 unspecified atom stereocenters. The fourth-order valence-electron chi connectivity index (χ4n) is 4.91. The van der Waals surface area contributed by atoms with E-state index in [9.17, 15) is 22.4 Å². The van der Waals surface area contributed by atoms with Gasteiger partial charge in [0.1, 0.15) is 11.4 Å². The Morgan fingerprint density at radius 3 is 2.58 bits per heavy atom. The number of hydrogen-bond acceptors (Lipinski definition) is 6. The number of benzene rings is 3. The van der Waals surface area contributed by atoms with Crippen LogP contribution in [0.25, 0.3) is 44.0 Å². The van der Waals surface area contributed by atoms with Gasteiger partial charge in [-0.3, -0.25) is 4.79 Å². The standard InChI is InChI=1S/C26H19FN4O4S/c1-35-23-10-20-22(9-19(23)15-3-2-4-17(8-15)36(27,33)34)31(16-12-29-13-16)26-24(25(20)32)18-6-5-14(11-28)7-21(18)30-26/h2-10,16,29-30H,12-13H2,1H3. The maximum atomic E-state index is 13.8. The maximum Gasteiger partial charge on any atom is 0.332 e. The largest absolute Gasteiger partial charge is 0.496 e. The summed E-state index contributed by atoms with van der Waals surface area (Å²) < 4.78 is 44.4. The lowest BCUT2D eigenvalue weighted by molar-refractivity contribution is 0.357. The average molecular weight is 503 g/mol. The van der Waals surface area contributed by atoms with E-state index in [0.29, 0.717) is 63.0 Å². The minimum Gasteiger partial charge on any atom is -0.496 e. The first-order valence-corrected chi connectivity index (χ1v) is 12.6. The van der Waals surface area contributed by atoms with Crippen LogP contribution in [0.3, 0.4) is 0 Å². The van der Waals surface area contributed by atoms with Gasteiger partial charge >= 0.3 is 10.2 Å². The number of nitrogens with one attached hydrogen (secondary N) is 2. The molecule has 36 heavy (non-hydrogen) atoms. The normalized spacial score (nSPS) is 14.2. The predicted molar refractivity (Wildman–Crippen MR) is 134 cm³/mol. The molecule has 3 aromatic carbocycles. The van der Waals surface area contributed by atoms with E-state index in [-0.39, 0.29) is 11.5 Å². The van der Waals surface area contributed by atoms with Crippen molar-refractivity contribution in [1.29, 1.82) is 5.26 Å². The lowest BCUT2D eigenvalue weighted by Crippen LogP contribution is -2.44. The van der Waals surface area contributed by atoms with Gasteiger partial charge in [-0.25, -0.2) is 0 Å². The van der Waals surface area contributed by atoms with Crippen LogP contribution in [0.4, 0.5) is 3.89 Å². The number of aromatic nitrogens is 2. The molecular weight excluding hydrogens is 483 g/mol. The van der Waals surface area contributed by atoms with Gasteiger partial charge in [0.25, 0.3) is 0 Å². The Morgan fingerprint density at radius 2 is 1.92 bits per heavy atom. The molecule has 1 aliphatic heterocycles. The quantitative estimate of drug-likeness (QED) is 0.359. The van der Waals surface area contributed by atoms with E-state index >= 15 is 0 Å². The second-order valence-electron chi connectivity index (χ2n) is 8.77. The molecule has 8 nitrogen and oxygen atoms in total. The van der Waals surface area contributed by atoms with Crippen molar-refractivity contribution < 1.29 is 17.0 Å². The van der Waals surface area contributed by atoms with Crippen LogP contribution in [0.15, 0.2) is 64.3 Å². The van der Waals surface area contributed by atoms with E-state index in [4.69, 9.17) is 4.74 Å². The van der Waals surface area contributed by atoms with E-state index in [2.05, 4.69) is 20.9 Å². The van der Waals surface area contributed by atoms with Gasteiger partial charge in [-0.15, -0.1) is 3.89 Å². The summed E-state index contributed by atoms with van der Waals surface area (Å²) in [6.07, 6.45) is 0. The molecule has 1 aliphatic rings. The van der Waals surface area contributed by atoms with Gasteiger partial charge in [-0.1, -0.05) is 18.2 Å². The van der Waals surface area contributed by atoms with Crippen molar-refractivity contribution in [2.45, 2.75) is 10.9 Å². The fraction of sp³-hybridized carbons (Fsp3) is 0.154. The van der Waals surface area contributed by atoms with Gasteiger partial charge in [0.2, 0.25) is 0 Å². The van der Waals surface area contributed by atoms with Crippen molar-refractivity contribution in [3.8, 4) is 22.9 Å². The molecule has 3 heterocycles. The molecule has 5 aromatic rings. The van der Waals surface area contributed by atoms with Crippen molar-refractivity contribution in [3.63, 3.8) is 0 Å². The number of pyridine rings is 1. The van der Waals surface area contributed by atoms with Crippen LogP contribution in [0.2, 0.25) is 0 Å². The smallest absolute Gasteiger partial charge is 0.332 e. The molecule has 1 fully saturated rings. The van der Waals surface area contributed by atoms with E-state index in [1.807, 2.05) is 0 Å². The number of H-pyrrole nitrogens is 1. The highest BCUT2D eigenvalue weighted by Crippen LogP contribution is 2.38. The molecule has 0 amide bonds. The third kappa shape index (κ3) is 3.28. The summed E-state index contributed by atoms with van der Waals surface area (Å²) in [5.41, 5.74) is 3.21. The van der Waals surface area contributed by atoms with Gasteiger partial charge in [0, 0.05) is 29.6 Å². The molecule has 0 radical (unpaired) electrons. The molecule has 0 bridgehead atoms. The summed E-state index contributed by atoms with van der Waals surface area (Å²) in [7, 11) is -3.44. The Morgan fingerprint density at radius 1 is 1.11 bits per heavy atom. The zero-order chi connectivity index (χ0) is 25.2. The molecule has 0 saturated carbocycles. The van der Waals surface area contributed by atoms with Crippen LogP contribution in [-0.2, 0) is 10.2 Å². The molecule has 0 aliphatic carbocycles. The summed E-state index contributed by atoms with van der Waals surface area (Å²) >= 11 is 0. The lowest BCUT2D eigenvalue weighted by atomic mass is 9.99. The molecule has 0 atom stereocenters. The fourth-order valence-corrected chi connectivity index (χ4v) is 5.42. The first kappa shape index (κ1) is 22.3. The Hall–Kier alpha value is -4.20. The number of rotatable bonds is 4. The number of methoxy groups -OCH3 is 1. The number of fused-ring (bicyclic) bond motifs is 4. The first-order valence-electron chi connectivity index (χ1n) is 11.2. The van der Waals surface area contributed by atoms with E-state index in [0.717, 1.165) is 5.39 Å². The molecule has 180 valence electrons. The zero-order valence-electron chi connectivity index (χ0n) is 19.0. The number of hydrogen-bond donors (Lipinski definition) is 2.